The van der Waals surface area contributed by atoms with Crippen LogP contribution >= 0.6 is 0 Å². The average molecular weight is 251 g/mol. The molecule has 1 aromatic heterocycles. The summed E-state index contributed by atoms with van der Waals surface area (Å²) in [6, 6.07) is 3.62. The average Bonchev–Trinajstić information content (AvgIpc) is 2.83. The molecule has 1 N–H and O–H groups in total. The lowest BCUT2D eigenvalue weighted by atomic mass is 10.2. The summed E-state index contributed by atoms with van der Waals surface area (Å²) in [7, 11) is 0. The number of aromatic nitrogens is 2. The molecule has 96 valence electrons. The molecule has 0 saturated carbocycles. The number of hydrogen-bond acceptors (Lipinski definition) is 2. The van der Waals surface area contributed by atoms with Gasteiger partial charge < -0.3 is 9.88 Å². The van der Waals surface area contributed by atoms with Crippen LogP contribution in [0.5, 0.6) is 0 Å². The molecule has 0 fully saturated rings. The van der Waals surface area contributed by atoms with Crippen molar-refractivity contribution < 1.29 is 8.78 Å². The van der Waals surface area contributed by atoms with E-state index in [-0.39, 0.29) is 6.04 Å². The predicted octanol–water partition coefficient (Wildman–Crippen LogP) is 2.34. The Morgan fingerprint density at radius 2 is 2.22 bits per heavy atom. The molecule has 2 rings (SSSR count). The minimum absolute atomic E-state index is 0.141. The van der Waals surface area contributed by atoms with E-state index in [0.29, 0.717) is 12.1 Å². The molecule has 2 aromatic rings. The van der Waals surface area contributed by atoms with Crippen molar-refractivity contribution in [1.82, 2.24) is 14.9 Å². The summed E-state index contributed by atoms with van der Waals surface area (Å²) < 4.78 is 28.3. The standard InChI is InChI=1S/C13H15F2N3/c1-10(8-18-5-4-16-9-18)17-7-11-6-12(14)2-3-13(11)15/h2-6,9-10,17H,7-8H2,1H3. The smallest absolute Gasteiger partial charge is 0.127 e. The van der Waals surface area contributed by atoms with E-state index in [4.69, 9.17) is 0 Å². The summed E-state index contributed by atoms with van der Waals surface area (Å²) in [5.74, 6) is -0.811. The Bertz CT molecular complexity index is 497. The van der Waals surface area contributed by atoms with Crippen LogP contribution in [0.2, 0.25) is 0 Å². The van der Waals surface area contributed by atoms with Crippen molar-refractivity contribution in [3.8, 4) is 0 Å². The van der Waals surface area contributed by atoms with E-state index >= 15 is 0 Å². The molecule has 5 heteroatoms. The Hall–Kier alpha value is -1.75. The van der Waals surface area contributed by atoms with E-state index in [2.05, 4.69) is 10.3 Å². The van der Waals surface area contributed by atoms with Crippen molar-refractivity contribution in [3.05, 3.63) is 54.1 Å². The van der Waals surface area contributed by atoms with Gasteiger partial charge in [0.2, 0.25) is 0 Å². The number of imidazole rings is 1. The second-order valence-electron chi connectivity index (χ2n) is 4.28. The molecule has 0 aliphatic heterocycles. The monoisotopic (exact) mass is 251 g/mol. The maximum absolute atomic E-state index is 13.4. The lowest BCUT2D eigenvalue weighted by Gasteiger charge is -2.14. The van der Waals surface area contributed by atoms with Crippen LogP contribution < -0.4 is 5.32 Å². The number of benzene rings is 1. The molecule has 0 aliphatic carbocycles. The molecule has 1 aromatic carbocycles. The largest absolute Gasteiger partial charge is 0.336 e. The van der Waals surface area contributed by atoms with Gasteiger partial charge in [-0.05, 0) is 25.1 Å². The van der Waals surface area contributed by atoms with Crippen molar-refractivity contribution >= 4 is 0 Å². The van der Waals surface area contributed by atoms with Gasteiger partial charge >= 0.3 is 0 Å². The summed E-state index contributed by atoms with van der Waals surface area (Å²) in [5, 5.41) is 3.15. The highest BCUT2D eigenvalue weighted by atomic mass is 19.1. The van der Waals surface area contributed by atoms with E-state index in [1.165, 1.54) is 6.07 Å². The first-order chi connectivity index (χ1) is 8.65. The van der Waals surface area contributed by atoms with Gasteiger partial charge in [-0.15, -0.1) is 0 Å². The maximum Gasteiger partial charge on any atom is 0.127 e. The van der Waals surface area contributed by atoms with Crippen molar-refractivity contribution in [2.75, 3.05) is 0 Å². The number of halogens is 2. The Morgan fingerprint density at radius 3 is 2.94 bits per heavy atom. The molecule has 1 atom stereocenters. The van der Waals surface area contributed by atoms with Gasteiger partial charge in [0.1, 0.15) is 11.6 Å². The fraction of sp³-hybridized carbons (Fsp3) is 0.308. The molecule has 1 unspecified atom stereocenters. The van der Waals surface area contributed by atoms with Gasteiger partial charge in [0.25, 0.3) is 0 Å². The second-order valence-corrected chi connectivity index (χ2v) is 4.28. The molecule has 0 saturated heterocycles. The van der Waals surface area contributed by atoms with E-state index in [1.807, 2.05) is 17.7 Å². The van der Waals surface area contributed by atoms with Crippen LogP contribution in [0.25, 0.3) is 0 Å². The topological polar surface area (TPSA) is 29.9 Å². The van der Waals surface area contributed by atoms with Gasteiger partial charge in [-0.25, -0.2) is 13.8 Å². The van der Waals surface area contributed by atoms with Gasteiger partial charge in [0, 0.05) is 37.1 Å². The van der Waals surface area contributed by atoms with Crippen molar-refractivity contribution in [2.45, 2.75) is 26.1 Å². The fourth-order valence-electron chi connectivity index (χ4n) is 1.74. The molecule has 18 heavy (non-hydrogen) atoms. The van der Waals surface area contributed by atoms with E-state index in [0.717, 1.165) is 18.7 Å². The van der Waals surface area contributed by atoms with E-state index < -0.39 is 11.6 Å². The third kappa shape index (κ3) is 3.37. The van der Waals surface area contributed by atoms with E-state index in [1.54, 1.807) is 12.5 Å². The first-order valence-electron chi connectivity index (χ1n) is 5.78. The maximum atomic E-state index is 13.4. The third-order valence-corrected chi connectivity index (χ3v) is 2.69. The zero-order valence-electron chi connectivity index (χ0n) is 10.1. The molecule has 0 bridgehead atoms. The molecule has 0 spiro atoms. The van der Waals surface area contributed by atoms with Crippen LogP contribution in [-0.2, 0) is 13.1 Å². The lowest BCUT2D eigenvalue weighted by molar-refractivity contribution is 0.467. The van der Waals surface area contributed by atoms with Gasteiger partial charge in [-0.2, -0.15) is 0 Å². The van der Waals surface area contributed by atoms with Crippen LogP contribution in [0, 0.1) is 11.6 Å². The molecule has 1 heterocycles. The Labute approximate surface area is 104 Å². The van der Waals surface area contributed by atoms with Crippen LogP contribution in [-0.4, -0.2) is 15.6 Å². The quantitative estimate of drug-likeness (QED) is 0.884. The van der Waals surface area contributed by atoms with Gasteiger partial charge in [-0.1, -0.05) is 0 Å². The highest BCUT2D eigenvalue weighted by Crippen LogP contribution is 2.09. The van der Waals surface area contributed by atoms with Gasteiger partial charge in [0.15, 0.2) is 0 Å². The third-order valence-electron chi connectivity index (χ3n) is 2.69. The summed E-state index contributed by atoms with van der Waals surface area (Å²) in [5.41, 5.74) is 0.340. The summed E-state index contributed by atoms with van der Waals surface area (Å²) in [6.07, 6.45) is 5.29. The minimum Gasteiger partial charge on any atom is -0.336 e. The molecular formula is C13H15F2N3. The second kappa shape index (κ2) is 5.73. The molecule has 3 nitrogen and oxygen atoms in total. The van der Waals surface area contributed by atoms with Crippen LogP contribution in [0.15, 0.2) is 36.9 Å². The Morgan fingerprint density at radius 1 is 1.39 bits per heavy atom. The van der Waals surface area contributed by atoms with Crippen molar-refractivity contribution in [2.24, 2.45) is 0 Å². The minimum atomic E-state index is -0.421. The highest BCUT2D eigenvalue weighted by Gasteiger charge is 2.06. The van der Waals surface area contributed by atoms with Crippen molar-refractivity contribution in [3.63, 3.8) is 0 Å². The molecule has 0 radical (unpaired) electrons. The van der Waals surface area contributed by atoms with Crippen LogP contribution in [0.4, 0.5) is 8.78 Å². The molecular weight excluding hydrogens is 236 g/mol. The predicted molar refractivity (Wildman–Crippen MR) is 64.9 cm³/mol. The first-order valence-corrected chi connectivity index (χ1v) is 5.78. The zero-order chi connectivity index (χ0) is 13.0. The first kappa shape index (κ1) is 12.7. The highest BCUT2D eigenvalue weighted by molar-refractivity contribution is 5.18. The Kier molecular flexibility index (Phi) is 4.04. The normalized spacial score (nSPS) is 12.6. The zero-order valence-corrected chi connectivity index (χ0v) is 10.1. The number of nitrogens with zero attached hydrogens (tertiary/aromatic N) is 2. The summed E-state index contributed by atoms with van der Waals surface area (Å²) in [6.45, 7) is 3.02. The Balaban J connectivity index is 1.89. The molecule has 0 aliphatic rings. The van der Waals surface area contributed by atoms with E-state index in [9.17, 15) is 8.78 Å². The lowest BCUT2D eigenvalue weighted by Crippen LogP contribution is -2.29. The van der Waals surface area contributed by atoms with Crippen LogP contribution in [0.3, 0.4) is 0 Å². The SMILES string of the molecule is CC(Cn1ccnc1)NCc1cc(F)ccc1F. The summed E-state index contributed by atoms with van der Waals surface area (Å²) in [4.78, 5) is 3.94. The fourth-order valence-corrected chi connectivity index (χ4v) is 1.74. The summed E-state index contributed by atoms with van der Waals surface area (Å²) >= 11 is 0. The number of hydrogen-bond donors (Lipinski definition) is 1. The van der Waals surface area contributed by atoms with Crippen molar-refractivity contribution in [1.29, 1.82) is 0 Å². The van der Waals surface area contributed by atoms with Crippen LogP contribution in [0.1, 0.15) is 12.5 Å². The number of rotatable bonds is 5. The van der Waals surface area contributed by atoms with Gasteiger partial charge in [-0.3, -0.25) is 0 Å². The van der Waals surface area contributed by atoms with Gasteiger partial charge in [0.05, 0.1) is 6.33 Å². The molecule has 0 amide bonds. The number of nitrogens with one attached hydrogen (secondary N) is 1.